The number of rotatable bonds is 4. The number of amides is 1. The molecule has 2 aromatic heterocycles. The molecule has 0 fully saturated rings. The number of pyridine rings is 1. The number of nitro groups is 1. The van der Waals surface area contributed by atoms with E-state index in [9.17, 15) is 19.7 Å². The number of hydrogen-bond acceptors (Lipinski definition) is 6. The summed E-state index contributed by atoms with van der Waals surface area (Å²) in [6, 6.07) is 1.13. The van der Waals surface area contributed by atoms with Crippen molar-refractivity contribution in [1.82, 2.24) is 9.55 Å². The summed E-state index contributed by atoms with van der Waals surface area (Å²) in [6.07, 6.45) is 2.60. The minimum atomic E-state index is -0.593. The van der Waals surface area contributed by atoms with Gasteiger partial charge in [-0.2, -0.15) is 0 Å². The molecule has 0 unspecified atom stereocenters. The van der Waals surface area contributed by atoms with Crippen LogP contribution in [0.2, 0.25) is 0 Å². The van der Waals surface area contributed by atoms with E-state index in [1.54, 1.807) is 5.38 Å². The average Bonchev–Trinajstić information content (AvgIpc) is 2.84. The van der Waals surface area contributed by atoms with E-state index in [-0.39, 0.29) is 17.8 Å². The van der Waals surface area contributed by atoms with Crippen LogP contribution in [-0.4, -0.2) is 20.4 Å². The first kappa shape index (κ1) is 13.9. The number of thiazole rings is 1. The number of nitrogens with zero attached hydrogens (tertiary/aromatic N) is 3. The molecular formula is C11H10N4O4S. The molecule has 1 N–H and O–H groups in total. The highest BCUT2D eigenvalue weighted by Gasteiger charge is 2.15. The van der Waals surface area contributed by atoms with Gasteiger partial charge in [-0.05, 0) is 6.92 Å². The fourth-order valence-electron chi connectivity index (χ4n) is 1.57. The number of carbonyl (C=O) groups is 1. The quantitative estimate of drug-likeness (QED) is 0.672. The highest BCUT2D eigenvalue weighted by atomic mass is 32.1. The second-order valence-electron chi connectivity index (χ2n) is 3.95. The van der Waals surface area contributed by atoms with Gasteiger partial charge < -0.3 is 5.32 Å². The van der Waals surface area contributed by atoms with Crippen molar-refractivity contribution in [3.63, 3.8) is 0 Å². The molecule has 2 aromatic rings. The van der Waals surface area contributed by atoms with Gasteiger partial charge in [0.1, 0.15) is 6.54 Å². The van der Waals surface area contributed by atoms with Crippen molar-refractivity contribution in [3.8, 4) is 0 Å². The summed E-state index contributed by atoms with van der Waals surface area (Å²) in [6.45, 7) is 1.17. The first-order valence-electron chi connectivity index (χ1n) is 5.52. The van der Waals surface area contributed by atoms with Crippen LogP contribution in [0.5, 0.6) is 0 Å². The smallest absolute Gasteiger partial charge is 0.288 e. The maximum Gasteiger partial charge on any atom is 0.288 e. The van der Waals surface area contributed by atoms with Crippen LogP contribution < -0.4 is 10.9 Å². The molecule has 2 rings (SSSR count). The molecule has 9 heteroatoms. The van der Waals surface area contributed by atoms with Crippen molar-refractivity contribution >= 4 is 28.1 Å². The molecule has 0 aliphatic heterocycles. The fourth-order valence-corrected chi connectivity index (χ4v) is 2.11. The largest absolute Gasteiger partial charge is 0.300 e. The zero-order valence-corrected chi connectivity index (χ0v) is 11.2. The third-order valence-electron chi connectivity index (χ3n) is 2.49. The molecular weight excluding hydrogens is 284 g/mol. The summed E-state index contributed by atoms with van der Waals surface area (Å²) in [5.74, 6) is -0.472. The lowest BCUT2D eigenvalue weighted by Gasteiger charge is -2.06. The molecule has 8 nitrogen and oxygen atoms in total. The van der Waals surface area contributed by atoms with Gasteiger partial charge in [0.25, 0.3) is 11.2 Å². The minimum Gasteiger partial charge on any atom is -0.300 e. The summed E-state index contributed by atoms with van der Waals surface area (Å²) < 4.78 is 0.994. The number of nitrogens with one attached hydrogen (secondary N) is 1. The molecule has 0 aliphatic carbocycles. The van der Waals surface area contributed by atoms with Crippen molar-refractivity contribution in [1.29, 1.82) is 0 Å². The van der Waals surface area contributed by atoms with E-state index in [1.165, 1.54) is 24.5 Å². The number of hydrogen-bond donors (Lipinski definition) is 1. The van der Waals surface area contributed by atoms with E-state index in [0.29, 0.717) is 5.13 Å². The highest BCUT2D eigenvalue weighted by molar-refractivity contribution is 7.13. The van der Waals surface area contributed by atoms with Gasteiger partial charge >= 0.3 is 0 Å². The number of aromatic nitrogens is 2. The standard InChI is InChI=1S/C11H10N4O4S/c1-7-4-10(17)14(5-8(7)15(18)19)6-9(16)13-11-12-2-3-20-11/h2-5H,6H2,1H3,(H,12,13,16). The lowest BCUT2D eigenvalue weighted by molar-refractivity contribution is -0.385. The molecule has 0 radical (unpaired) electrons. The minimum absolute atomic E-state index is 0.202. The number of carbonyl (C=O) groups excluding carboxylic acids is 1. The Morgan fingerprint density at radius 3 is 2.95 bits per heavy atom. The third kappa shape index (κ3) is 3.06. The number of aryl methyl sites for hydroxylation is 1. The molecule has 0 saturated heterocycles. The summed E-state index contributed by atoms with van der Waals surface area (Å²) in [5.41, 5.74) is -0.411. The Kier molecular flexibility index (Phi) is 3.89. The first-order valence-corrected chi connectivity index (χ1v) is 6.40. The van der Waals surface area contributed by atoms with Crippen LogP contribution in [-0.2, 0) is 11.3 Å². The van der Waals surface area contributed by atoms with E-state index in [0.717, 1.165) is 16.8 Å². The fraction of sp³-hybridized carbons (Fsp3) is 0.182. The van der Waals surface area contributed by atoms with E-state index >= 15 is 0 Å². The van der Waals surface area contributed by atoms with Gasteiger partial charge in [0.15, 0.2) is 5.13 Å². The van der Waals surface area contributed by atoms with Gasteiger partial charge in [-0.1, -0.05) is 0 Å². The monoisotopic (exact) mass is 294 g/mol. The van der Waals surface area contributed by atoms with Gasteiger partial charge in [0.05, 0.1) is 11.1 Å². The van der Waals surface area contributed by atoms with E-state index in [1.807, 2.05) is 0 Å². The van der Waals surface area contributed by atoms with Crippen LogP contribution in [0.25, 0.3) is 0 Å². The molecule has 0 aliphatic rings. The molecule has 2 heterocycles. The van der Waals surface area contributed by atoms with Gasteiger partial charge in [-0.15, -0.1) is 11.3 Å². The van der Waals surface area contributed by atoms with Gasteiger partial charge in [-0.25, -0.2) is 4.98 Å². The maximum atomic E-state index is 11.7. The zero-order chi connectivity index (χ0) is 14.7. The predicted octanol–water partition coefficient (Wildman–Crippen LogP) is 1.16. The van der Waals surface area contributed by atoms with Crippen LogP contribution >= 0.6 is 11.3 Å². The predicted molar refractivity (Wildman–Crippen MR) is 72.8 cm³/mol. The van der Waals surface area contributed by atoms with Crippen molar-refractivity contribution in [2.45, 2.75) is 13.5 Å². The van der Waals surface area contributed by atoms with Gasteiger partial charge in [0.2, 0.25) is 5.91 Å². The Bertz CT molecular complexity index is 708. The molecule has 1 amide bonds. The average molecular weight is 294 g/mol. The van der Waals surface area contributed by atoms with Gasteiger partial charge in [-0.3, -0.25) is 24.3 Å². The lowest BCUT2D eigenvalue weighted by atomic mass is 10.2. The molecule has 0 aromatic carbocycles. The SMILES string of the molecule is Cc1cc(=O)n(CC(=O)Nc2nccs2)cc1[N+](=O)[O-]. The van der Waals surface area contributed by atoms with Crippen molar-refractivity contribution < 1.29 is 9.72 Å². The second kappa shape index (κ2) is 5.61. The molecule has 0 bridgehead atoms. The first-order chi connectivity index (χ1) is 9.47. The summed E-state index contributed by atoms with van der Waals surface area (Å²) >= 11 is 1.24. The third-order valence-corrected chi connectivity index (χ3v) is 3.18. The molecule has 0 atom stereocenters. The van der Waals surface area contributed by atoms with E-state index < -0.39 is 16.4 Å². The van der Waals surface area contributed by atoms with Crippen LogP contribution in [0, 0.1) is 17.0 Å². The Morgan fingerprint density at radius 2 is 2.35 bits per heavy atom. The van der Waals surface area contributed by atoms with Crippen molar-refractivity contribution in [2.24, 2.45) is 0 Å². The van der Waals surface area contributed by atoms with E-state index in [2.05, 4.69) is 10.3 Å². The van der Waals surface area contributed by atoms with Crippen molar-refractivity contribution in [2.75, 3.05) is 5.32 Å². The topological polar surface area (TPSA) is 107 Å². The molecule has 0 spiro atoms. The van der Waals surface area contributed by atoms with E-state index in [4.69, 9.17) is 0 Å². The summed E-state index contributed by atoms with van der Waals surface area (Å²) in [4.78, 5) is 37.5. The van der Waals surface area contributed by atoms with Gasteiger partial charge in [0, 0.05) is 23.2 Å². The van der Waals surface area contributed by atoms with Crippen LogP contribution in [0.1, 0.15) is 5.56 Å². The van der Waals surface area contributed by atoms with Crippen LogP contribution in [0.3, 0.4) is 0 Å². The van der Waals surface area contributed by atoms with Crippen LogP contribution in [0.15, 0.2) is 28.6 Å². The summed E-state index contributed by atoms with van der Waals surface area (Å²) in [7, 11) is 0. The Balaban J connectivity index is 2.20. The van der Waals surface area contributed by atoms with Crippen molar-refractivity contribution in [3.05, 3.63) is 49.9 Å². The highest BCUT2D eigenvalue weighted by Crippen LogP contribution is 2.14. The molecule has 0 saturated carbocycles. The molecule has 104 valence electrons. The molecule has 20 heavy (non-hydrogen) atoms. The summed E-state index contributed by atoms with van der Waals surface area (Å²) in [5, 5.41) is 15.4. The normalized spacial score (nSPS) is 10.2. The zero-order valence-electron chi connectivity index (χ0n) is 10.4. The number of anilines is 1. The lowest BCUT2D eigenvalue weighted by Crippen LogP contribution is -2.27. The second-order valence-corrected chi connectivity index (χ2v) is 4.84. The Labute approximate surface area is 116 Å². The maximum absolute atomic E-state index is 11.7. The van der Waals surface area contributed by atoms with Crippen LogP contribution in [0.4, 0.5) is 10.8 Å². The Morgan fingerprint density at radius 1 is 1.60 bits per heavy atom. The Hall–Kier alpha value is -2.55.